The Balaban J connectivity index is 0.00000212. The first-order valence-corrected chi connectivity index (χ1v) is 15.6. The third-order valence-electron chi connectivity index (χ3n) is 7.34. The average Bonchev–Trinajstić information content (AvgIpc) is 3.16. The summed E-state index contributed by atoms with van der Waals surface area (Å²) in [5.74, 6) is 0.479. The molecule has 1 aliphatic heterocycles. The quantitative estimate of drug-likeness (QED) is 0.0765. The van der Waals surface area contributed by atoms with Crippen molar-refractivity contribution in [1.82, 2.24) is 9.88 Å². The van der Waals surface area contributed by atoms with E-state index in [-0.39, 0.29) is 67.1 Å². The number of nitrogens with zero attached hydrogens (tertiary/aromatic N) is 2. The van der Waals surface area contributed by atoms with E-state index in [0.29, 0.717) is 35.5 Å². The van der Waals surface area contributed by atoms with Gasteiger partial charge in [0.2, 0.25) is 0 Å². The minimum atomic E-state index is -0.487. The predicted molar refractivity (Wildman–Crippen MR) is 178 cm³/mol. The number of pyridine rings is 1. The second-order valence-corrected chi connectivity index (χ2v) is 11.3. The smallest absolute Gasteiger partial charge is 0.153 e. The summed E-state index contributed by atoms with van der Waals surface area (Å²) < 4.78 is 26.9. The number of hydrogen-bond donors (Lipinski definition) is 0. The van der Waals surface area contributed by atoms with Crippen LogP contribution in [0.3, 0.4) is 0 Å². The van der Waals surface area contributed by atoms with Crippen molar-refractivity contribution in [2.75, 3.05) is 6.54 Å². The molecule has 1 atom stereocenters. The molecule has 0 spiro atoms. The molecule has 0 saturated carbocycles. The van der Waals surface area contributed by atoms with Gasteiger partial charge < -0.3 is 13.5 Å². The Bertz CT molecular complexity index is 1690. The van der Waals surface area contributed by atoms with Gasteiger partial charge in [-0.25, -0.2) is 0 Å². The zero-order chi connectivity index (χ0) is 28.3. The molecule has 0 bridgehead atoms. The van der Waals surface area contributed by atoms with Crippen LogP contribution in [0.25, 0.3) is 10.9 Å². The number of hydrogen-bond acceptors (Lipinski definition) is 5. The summed E-state index contributed by atoms with van der Waals surface area (Å²) in [6.45, 7) is 0.812. The van der Waals surface area contributed by atoms with E-state index in [2.05, 4.69) is 0 Å². The molecular formula is C33H29ClFN2O3PSTl-. The van der Waals surface area contributed by atoms with Gasteiger partial charge in [-0.1, -0.05) is 0 Å². The van der Waals surface area contributed by atoms with E-state index in [1.807, 2.05) is 72.8 Å². The van der Waals surface area contributed by atoms with E-state index >= 15 is 0 Å². The van der Waals surface area contributed by atoms with E-state index in [1.165, 1.54) is 6.07 Å². The van der Waals surface area contributed by atoms with Gasteiger partial charge >= 0.3 is 261 Å². The molecule has 1 amide bonds. The Morgan fingerprint density at radius 1 is 0.953 bits per heavy atom. The molecule has 0 saturated heterocycles. The number of halogens is 2. The third kappa shape index (κ3) is 6.85. The first-order valence-electron chi connectivity index (χ1n) is 13.3. The van der Waals surface area contributed by atoms with E-state index in [9.17, 15) is 9.18 Å². The third-order valence-corrected chi connectivity index (χ3v) is 8.55. The molecule has 5 aromatic rings. The van der Waals surface area contributed by atoms with E-state index in [1.54, 1.807) is 23.2 Å². The fourth-order valence-corrected chi connectivity index (χ4v) is 6.68. The molecule has 218 valence electrons. The van der Waals surface area contributed by atoms with Gasteiger partial charge in [0.15, 0.2) is 0 Å². The number of ether oxygens (including phenoxy) is 1. The van der Waals surface area contributed by atoms with Crippen molar-refractivity contribution < 1.29 is 16.6 Å². The van der Waals surface area contributed by atoms with Gasteiger partial charge in [0.1, 0.15) is 0 Å². The maximum Gasteiger partial charge on any atom is -0.153 e. The fourth-order valence-electron chi connectivity index (χ4n) is 5.43. The number of thiol groups is 1. The SMILES string of the molecule is O=C1c2c(c([O][Tl])c3cccnc3c2OC(c2ccccc2)c2ccccc2)CCCN1Cc1ccc(F)c(Cl)c1.P.[SH-]. The molecule has 0 fully saturated rings. The van der Waals surface area contributed by atoms with Gasteiger partial charge in [0.05, 0.1) is 0 Å². The molecule has 10 heteroatoms. The van der Waals surface area contributed by atoms with Crippen LogP contribution in [0.5, 0.6) is 11.5 Å². The van der Waals surface area contributed by atoms with Crippen LogP contribution in [0.15, 0.2) is 97.2 Å². The van der Waals surface area contributed by atoms with E-state index < -0.39 is 11.9 Å². The minimum absolute atomic E-state index is 0. The molecule has 0 radical (unpaired) electrons. The molecule has 4 aromatic carbocycles. The number of carbonyl (C=O) groups is 1. The number of rotatable bonds is 7. The number of amides is 1. The Hall–Kier alpha value is -2.72. The molecule has 43 heavy (non-hydrogen) atoms. The van der Waals surface area contributed by atoms with Crippen LogP contribution in [-0.4, -0.2) is 48.6 Å². The average molecular weight is 823 g/mol. The zero-order valence-corrected chi connectivity index (χ0v) is 30.8. The number of carbonyl (C=O) groups excluding carboxylic acids is 1. The van der Waals surface area contributed by atoms with Crippen molar-refractivity contribution >= 4 is 78.0 Å². The number of benzene rings is 4. The van der Waals surface area contributed by atoms with Gasteiger partial charge in [-0.05, 0) is 0 Å². The van der Waals surface area contributed by atoms with E-state index in [4.69, 9.17) is 24.0 Å². The molecule has 0 N–H and O–H groups in total. The van der Waals surface area contributed by atoms with Crippen molar-refractivity contribution in [1.29, 1.82) is 0 Å². The topological polar surface area (TPSA) is 51.7 Å². The second-order valence-electron chi connectivity index (χ2n) is 9.93. The monoisotopic (exact) mass is 823 g/mol. The van der Waals surface area contributed by atoms with Crippen LogP contribution in [0.1, 0.15) is 45.1 Å². The van der Waals surface area contributed by atoms with Crippen molar-refractivity contribution in [3.63, 3.8) is 0 Å². The van der Waals surface area contributed by atoms with Crippen molar-refractivity contribution in [2.45, 2.75) is 25.5 Å². The summed E-state index contributed by atoms with van der Waals surface area (Å²) in [5.41, 5.74) is 4.56. The van der Waals surface area contributed by atoms with Crippen molar-refractivity contribution in [2.24, 2.45) is 0 Å². The van der Waals surface area contributed by atoms with Crippen LogP contribution >= 0.6 is 21.5 Å². The zero-order valence-electron chi connectivity index (χ0n) is 23.3. The standard InChI is InChI=1S/C33H26ClFN2O3.H3P.H2S.Tl/c34-26-19-21(15-16-27(26)35)20-37-18-8-14-24-28(33(37)39)32(29-25(30(24)38)13-7-17-36-29)40-31(22-9-3-1-4-10-22)23-11-5-2-6-12-23;;;/h1-7,9-13,15-17,19,31,38H,8,14,18,20H2;1H3;1H2;/q;;;+1/p-2. The summed E-state index contributed by atoms with van der Waals surface area (Å²) in [7, 11) is 0. The fraction of sp³-hybridized carbons (Fsp3) is 0.152. The minimum Gasteiger partial charge on any atom is -0.813 e. The van der Waals surface area contributed by atoms with Gasteiger partial charge in [-0.2, -0.15) is 9.90 Å². The molecule has 5 nitrogen and oxygen atoms in total. The van der Waals surface area contributed by atoms with Crippen LogP contribution < -0.4 is 7.42 Å². The Kier molecular flexibility index (Phi) is 11.5. The normalized spacial score (nSPS) is 12.6. The van der Waals surface area contributed by atoms with Crippen LogP contribution in [0, 0.1) is 5.82 Å². The summed E-state index contributed by atoms with van der Waals surface area (Å²) in [4.78, 5) is 20.9. The first kappa shape index (κ1) is 33.2. The summed E-state index contributed by atoms with van der Waals surface area (Å²) in [6, 6.07) is 28.4. The summed E-state index contributed by atoms with van der Waals surface area (Å²) >= 11 is 6.29. The van der Waals surface area contributed by atoms with Gasteiger partial charge in [0, 0.05) is 0 Å². The Morgan fingerprint density at radius 3 is 2.26 bits per heavy atom. The number of aromatic nitrogens is 1. The van der Waals surface area contributed by atoms with Gasteiger partial charge in [-0.3, -0.25) is 0 Å². The summed E-state index contributed by atoms with van der Waals surface area (Å²) in [6.07, 6.45) is 2.62. The van der Waals surface area contributed by atoms with Crippen molar-refractivity contribution in [3.8, 4) is 11.5 Å². The molecule has 2 heterocycles. The maximum absolute atomic E-state index is 14.4. The predicted octanol–water partition coefficient (Wildman–Crippen LogP) is 7.03. The van der Waals surface area contributed by atoms with Gasteiger partial charge in [-0.15, -0.1) is 0 Å². The number of fused-ring (bicyclic) bond motifs is 2. The molecule has 1 aliphatic rings. The Morgan fingerprint density at radius 2 is 1.63 bits per heavy atom. The summed E-state index contributed by atoms with van der Waals surface area (Å²) in [5, 5.41) is 0.862. The molecule has 1 aromatic heterocycles. The van der Waals surface area contributed by atoms with Crippen molar-refractivity contribution in [3.05, 3.63) is 136 Å². The van der Waals surface area contributed by atoms with Crippen LogP contribution in [-0.2, 0) is 26.5 Å². The Labute approximate surface area is 282 Å². The first-order chi connectivity index (χ1) is 20.0. The van der Waals surface area contributed by atoms with Crippen LogP contribution in [0.4, 0.5) is 4.39 Å². The van der Waals surface area contributed by atoms with E-state index in [0.717, 1.165) is 34.1 Å². The second kappa shape index (κ2) is 14.8. The van der Waals surface area contributed by atoms with Gasteiger partial charge in [0.25, 0.3) is 0 Å². The largest absolute Gasteiger partial charge is 0.813 e. The maximum atomic E-state index is 14.4. The molecule has 0 aliphatic carbocycles. The molecular weight excluding hydrogens is 794 g/mol. The molecule has 1 unspecified atom stereocenters. The molecule has 6 rings (SSSR count). The van der Waals surface area contributed by atoms with Crippen LogP contribution in [0.2, 0.25) is 5.02 Å².